The molecule has 2 atom stereocenters. The van der Waals surface area contributed by atoms with E-state index in [0.29, 0.717) is 12.1 Å². The highest BCUT2D eigenvalue weighted by atomic mass is 16.2. The molecule has 2 fully saturated rings. The molecule has 0 bridgehead atoms. The van der Waals surface area contributed by atoms with E-state index in [0.717, 1.165) is 40.2 Å². The summed E-state index contributed by atoms with van der Waals surface area (Å²) in [4.78, 5) is 51.9. The second-order valence-electron chi connectivity index (χ2n) is 8.17. The van der Waals surface area contributed by atoms with Gasteiger partial charge in [-0.25, -0.2) is 9.69 Å². The van der Waals surface area contributed by atoms with E-state index in [4.69, 9.17) is 0 Å². The highest BCUT2D eigenvalue weighted by molar-refractivity contribution is 6.45. The van der Waals surface area contributed by atoms with Crippen molar-refractivity contribution in [1.29, 1.82) is 0 Å². The number of nitrogens with zero attached hydrogens (tertiary/aromatic N) is 2. The lowest BCUT2D eigenvalue weighted by molar-refractivity contribution is -0.145. The van der Waals surface area contributed by atoms with Crippen LogP contribution in [0.2, 0.25) is 0 Å². The van der Waals surface area contributed by atoms with Gasteiger partial charge in [-0.2, -0.15) is 0 Å². The zero-order valence-corrected chi connectivity index (χ0v) is 17.4. The van der Waals surface area contributed by atoms with Crippen LogP contribution in [0.4, 0.5) is 10.5 Å². The maximum atomic E-state index is 12.8. The quantitative estimate of drug-likeness (QED) is 0.592. The molecule has 2 aliphatic rings. The van der Waals surface area contributed by atoms with Crippen molar-refractivity contribution in [2.75, 3.05) is 11.9 Å². The average Bonchev–Trinajstić information content (AvgIpc) is 2.98. The molecule has 160 valence electrons. The minimum absolute atomic E-state index is 0.145. The maximum absolute atomic E-state index is 12.8. The van der Waals surface area contributed by atoms with Gasteiger partial charge in [0.05, 0.1) is 0 Å². The summed E-state index contributed by atoms with van der Waals surface area (Å²) < 4.78 is 0. The van der Waals surface area contributed by atoms with E-state index in [9.17, 15) is 19.2 Å². The molecular formula is C24H25N3O4. The van der Waals surface area contributed by atoms with Crippen LogP contribution in [-0.2, 0) is 14.4 Å². The zero-order valence-electron chi connectivity index (χ0n) is 17.4. The molecule has 0 radical (unpaired) electrons. The summed E-state index contributed by atoms with van der Waals surface area (Å²) in [6.45, 7) is 1.50. The number of anilines is 1. The van der Waals surface area contributed by atoms with E-state index >= 15 is 0 Å². The molecule has 2 aromatic carbocycles. The number of hydrogen-bond acceptors (Lipinski definition) is 4. The van der Waals surface area contributed by atoms with E-state index in [2.05, 4.69) is 5.32 Å². The van der Waals surface area contributed by atoms with Crippen LogP contribution in [0.1, 0.15) is 32.6 Å². The van der Waals surface area contributed by atoms with Gasteiger partial charge in [0.15, 0.2) is 0 Å². The molecule has 4 rings (SSSR count). The number of amides is 5. The number of rotatable bonds is 5. The van der Waals surface area contributed by atoms with Gasteiger partial charge in [-0.15, -0.1) is 0 Å². The van der Waals surface area contributed by atoms with Crippen LogP contribution >= 0.6 is 0 Å². The van der Waals surface area contributed by atoms with Crippen LogP contribution in [0, 0.1) is 5.92 Å². The number of hydrogen-bond donors (Lipinski definition) is 1. The maximum Gasteiger partial charge on any atom is 0.334 e. The summed E-state index contributed by atoms with van der Waals surface area (Å²) in [6, 6.07) is 16.1. The fraction of sp³-hybridized carbons (Fsp3) is 0.333. The normalized spacial score (nSPS) is 21.5. The molecule has 1 heterocycles. The van der Waals surface area contributed by atoms with Gasteiger partial charge >= 0.3 is 17.8 Å². The molecule has 7 heteroatoms. The first-order chi connectivity index (χ1) is 15.0. The Balaban J connectivity index is 1.40. The van der Waals surface area contributed by atoms with Crippen LogP contribution < -0.4 is 5.32 Å². The van der Waals surface area contributed by atoms with Gasteiger partial charge in [-0.05, 0) is 42.0 Å². The van der Waals surface area contributed by atoms with Gasteiger partial charge in [-0.1, -0.05) is 62.2 Å². The van der Waals surface area contributed by atoms with Gasteiger partial charge in [0.1, 0.15) is 6.54 Å². The summed E-state index contributed by atoms with van der Waals surface area (Å²) in [5, 5.41) is 2.69. The Morgan fingerprint density at radius 3 is 2.23 bits per heavy atom. The zero-order chi connectivity index (χ0) is 22.0. The van der Waals surface area contributed by atoms with Crippen molar-refractivity contribution in [2.24, 2.45) is 5.92 Å². The number of carbonyl (C=O) groups is 4. The third-order valence-electron chi connectivity index (χ3n) is 6.06. The third-order valence-corrected chi connectivity index (χ3v) is 6.06. The SMILES string of the molecule is C[C@@H]1CCCC[C@@H]1N1C(=O)C(=O)N(CC(=O)Nc2ccc(-c3ccccc3)cc2)C1=O. The van der Waals surface area contributed by atoms with Crippen molar-refractivity contribution >= 4 is 29.4 Å². The van der Waals surface area contributed by atoms with Crippen LogP contribution in [-0.4, -0.2) is 46.1 Å². The lowest BCUT2D eigenvalue weighted by atomic mass is 9.85. The molecule has 1 aliphatic carbocycles. The fourth-order valence-electron chi connectivity index (χ4n) is 4.36. The number of urea groups is 1. The Morgan fingerprint density at radius 2 is 1.55 bits per heavy atom. The molecule has 0 unspecified atom stereocenters. The molecule has 7 nitrogen and oxygen atoms in total. The monoisotopic (exact) mass is 419 g/mol. The number of imide groups is 2. The van der Waals surface area contributed by atoms with E-state index in [-0.39, 0.29) is 12.0 Å². The van der Waals surface area contributed by atoms with Gasteiger partial charge in [0, 0.05) is 11.7 Å². The molecule has 5 amide bonds. The molecule has 0 spiro atoms. The molecule has 1 saturated heterocycles. The summed E-state index contributed by atoms with van der Waals surface area (Å²) in [6.07, 6.45) is 3.58. The van der Waals surface area contributed by atoms with Crippen LogP contribution in [0.25, 0.3) is 11.1 Å². The van der Waals surface area contributed by atoms with Gasteiger partial charge < -0.3 is 5.32 Å². The number of nitrogens with one attached hydrogen (secondary N) is 1. The van der Waals surface area contributed by atoms with Gasteiger partial charge in [0.25, 0.3) is 0 Å². The molecule has 1 saturated carbocycles. The Morgan fingerprint density at radius 1 is 0.903 bits per heavy atom. The largest absolute Gasteiger partial charge is 0.334 e. The molecular weight excluding hydrogens is 394 g/mol. The summed E-state index contributed by atoms with van der Waals surface area (Å²) in [5.74, 6) is -2.15. The molecule has 1 N–H and O–H groups in total. The van der Waals surface area contributed by atoms with Crippen LogP contribution in [0.3, 0.4) is 0 Å². The van der Waals surface area contributed by atoms with E-state index in [1.807, 2.05) is 49.4 Å². The first kappa shape index (κ1) is 20.8. The van der Waals surface area contributed by atoms with Crippen molar-refractivity contribution in [3.63, 3.8) is 0 Å². The Hall–Kier alpha value is -3.48. The lowest BCUT2D eigenvalue weighted by Crippen LogP contribution is -2.46. The molecule has 1 aliphatic heterocycles. The summed E-state index contributed by atoms with van der Waals surface area (Å²) >= 11 is 0. The van der Waals surface area contributed by atoms with Gasteiger partial charge in [0.2, 0.25) is 5.91 Å². The Labute approximate surface area is 181 Å². The molecule has 0 aromatic heterocycles. The molecule has 2 aromatic rings. The highest BCUT2D eigenvalue weighted by Gasteiger charge is 2.49. The second kappa shape index (κ2) is 8.71. The van der Waals surface area contributed by atoms with Crippen LogP contribution in [0.5, 0.6) is 0 Å². The topological polar surface area (TPSA) is 86.8 Å². The summed E-state index contributed by atoms with van der Waals surface area (Å²) in [5.41, 5.74) is 2.61. The van der Waals surface area contributed by atoms with Crippen molar-refractivity contribution in [3.8, 4) is 11.1 Å². The first-order valence-corrected chi connectivity index (χ1v) is 10.6. The lowest BCUT2D eigenvalue weighted by Gasteiger charge is -2.34. The average molecular weight is 419 g/mol. The van der Waals surface area contributed by atoms with Gasteiger partial charge in [-0.3, -0.25) is 19.3 Å². The fourth-order valence-corrected chi connectivity index (χ4v) is 4.36. The Kier molecular flexibility index (Phi) is 5.84. The van der Waals surface area contributed by atoms with E-state index < -0.39 is 30.3 Å². The van der Waals surface area contributed by atoms with Crippen LogP contribution in [0.15, 0.2) is 54.6 Å². The minimum atomic E-state index is -0.933. The molecule has 31 heavy (non-hydrogen) atoms. The smallest absolute Gasteiger partial charge is 0.325 e. The predicted molar refractivity (Wildman–Crippen MR) is 116 cm³/mol. The highest BCUT2D eigenvalue weighted by Crippen LogP contribution is 2.31. The number of benzene rings is 2. The van der Waals surface area contributed by atoms with Crippen molar-refractivity contribution in [2.45, 2.75) is 38.6 Å². The van der Waals surface area contributed by atoms with E-state index in [1.165, 1.54) is 0 Å². The van der Waals surface area contributed by atoms with Crippen molar-refractivity contribution in [3.05, 3.63) is 54.6 Å². The van der Waals surface area contributed by atoms with Crippen molar-refractivity contribution in [1.82, 2.24) is 9.80 Å². The first-order valence-electron chi connectivity index (χ1n) is 10.6. The summed E-state index contributed by atoms with van der Waals surface area (Å²) in [7, 11) is 0. The minimum Gasteiger partial charge on any atom is -0.325 e. The Bertz CT molecular complexity index is 1000. The van der Waals surface area contributed by atoms with Crippen molar-refractivity contribution < 1.29 is 19.2 Å². The second-order valence-corrected chi connectivity index (χ2v) is 8.17. The third kappa shape index (κ3) is 4.21. The standard InChI is InChI=1S/C24H25N3O4/c1-16-7-5-6-10-20(16)27-23(30)22(29)26(24(27)31)15-21(28)25-19-13-11-18(12-14-19)17-8-3-2-4-9-17/h2-4,8-9,11-14,16,20H,5-7,10,15H2,1H3,(H,25,28)/t16-,20+/m1/s1. The number of carbonyl (C=O) groups excluding carboxylic acids is 4. The van der Waals surface area contributed by atoms with E-state index in [1.54, 1.807) is 12.1 Å². The predicted octanol–water partition coefficient (Wildman–Crippen LogP) is 3.66.